The van der Waals surface area contributed by atoms with Gasteiger partial charge in [-0.3, -0.25) is 0 Å². The van der Waals surface area contributed by atoms with Crippen molar-refractivity contribution in [3.8, 4) is 17.6 Å². The first kappa shape index (κ1) is 16.6. The summed E-state index contributed by atoms with van der Waals surface area (Å²) in [6.07, 6.45) is -3.99. The minimum Gasteiger partial charge on any atom is -0.467 e. The quantitative estimate of drug-likeness (QED) is 0.271. The highest BCUT2D eigenvalue weighted by atomic mass is 35.5. The first-order valence-electron chi connectivity index (χ1n) is 5.54. The Labute approximate surface area is 118 Å². The molecule has 1 aromatic rings. The summed E-state index contributed by atoms with van der Waals surface area (Å²) < 4.78 is 58.0. The highest BCUT2D eigenvalue weighted by Gasteiger charge is 2.27. The van der Waals surface area contributed by atoms with Crippen LogP contribution < -0.4 is 4.74 Å². The highest BCUT2D eigenvalue weighted by Crippen LogP contribution is 2.17. The van der Waals surface area contributed by atoms with Crippen LogP contribution in [0, 0.1) is 17.7 Å². The van der Waals surface area contributed by atoms with E-state index in [0.717, 1.165) is 6.07 Å². The van der Waals surface area contributed by atoms with Gasteiger partial charge < -0.3 is 9.47 Å². The van der Waals surface area contributed by atoms with E-state index in [-0.39, 0.29) is 11.3 Å². The predicted molar refractivity (Wildman–Crippen MR) is 66.1 cm³/mol. The molecule has 0 saturated carbocycles. The number of hydrogen-bond acceptors (Lipinski definition) is 2. The first-order valence-corrected chi connectivity index (χ1v) is 6.07. The highest BCUT2D eigenvalue weighted by molar-refractivity contribution is 6.18. The molecule has 7 heteroatoms. The Bertz CT molecular complexity index is 491. The normalized spacial score (nSPS) is 10.8. The molecule has 0 unspecified atom stereocenters. The Balaban J connectivity index is 2.50. The molecule has 0 aliphatic carbocycles. The Hall–Kier alpha value is -1.45. The predicted octanol–water partition coefficient (Wildman–Crippen LogP) is 3.72. The van der Waals surface area contributed by atoms with Crippen molar-refractivity contribution < 1.29 is 27.0 Å². The Morgan fingerprint density at radius 3 is 2.60 bits per heavy atom. The smallest absolute Gasteiger partial charge is 0.411 e. The lowest BCUT2D eigenvalue weighted by molar-refractivity contribution is -0.186. The number of halogens is 5. The molecule has 0 aliphatic heterocycles. The van der Waals surface area contributed by atoms with Crippen LogP contribution in [0.25, 0.3) is 0 Å². The van der Waals surface area contributed by atoms with Crippen LogP contribution in [0.2, 0.25) is 0 Å². The number of rotatable bonds is 5. The van der Waals surface area contributed by atoms with Gasteiger partial charge in [0.05, 0.1) is 5.56 Å². The summed E-state index contributed by atoms with van der Waals surface area (Å²) in [6, 6.07) is 3.79. The molecule has 0 aromatic heterocycles. The summed E-state index contributed by atoms with van der Waals surface area (Å²) in [5.41, 5.74) is 0.165. The molecule has 0 bridgehead atoms. The van der Waals surface area contributed by atoms with E-state index in [4.69, 9.17) is 16.3 Å². The van der Waals surface area contributed by atoms with Crippen molar-refractivity contribution in [2.45, 2.75) is 12.6 Å². The molecule has 0 amide bonds. The van der Waals surface area contributed by atoms with Crippen LogP contribution in [0.4, 0.5) is 17.6 Å². The third-order valence-electron chi connectivity index (χ3n) is 1.96. The van der Waals surface area contributed by atoms with Gasteiger partial charge in [0.25, 0.3) is 0 Å². The minimum absolute atomic E-state index is 0.0626. The van der Waals surface area contributed by atoms with Gasteiger partial charge in [-0.25, -0.2) is 4.39 Å². The van der Waals surface area contributed by atoms with Crippen LogP contribution in [0.15, 0.2) is 18.2 Å². The summed E-state index contributed by atoms with van der Waals surface area (Å²) in [5.74, 6) is 5.04. The van der Waals surface area contributed by atoms with Gasteiger partial charge in [0.2, 0.25) is 0 Å². The van der Waals surface area contributed by atoms with E-state index < -0.39 is 25.4 Å². The zero-order valence-corrected chi connectivity index (χ0v) is 11.0. The van der Waals surface area contributed by atoms with E-state index in [1.807, 2.05) is 0 Å². The average Bonchev–Trinajstić information content (AvgIpc) is 2.36. The number of ether oxygens (including phenoxy) is 2. The summed E-state index contributed by atoms with van der Waals surface area (Å²) in [6.45, 7) is -2.03. The van der Waals surface area contributed by atoms with E-state index in [9.17, 15) is 17.6 Å². The monoisotopic (exact) mass is 310 g/mol. The Kier molecular flexibility index (Phi) is 6.62. The van der Waals surface area contributed by atoms with Gasteiger partial charge in [0.1, 0.15) is 18.2 Å². The average molecular weight is 311 g/mol. The van der Waals surface area contributed by atoms with Crippen molar-refractivity contribution in [3.63, 3.8) is 0 Å². The van der Waals surface area contributed by atoms with E-state index in [2.05, 4.69) is 16.6 Å². The molecule has 0 N–H and O–H groups in total. The molecule has 0 fully saturated rings. The van der Waals surface area contributed by atoms with Crippen LogP contribution in [0.5, 0.6) is 5.75 Å². The molecule has 110 valence electrons. The molecular weight excluding hydrogens is 300 g/mol. The topological polar surface area (TPSA) is 18.5 Å². The fraction of sp³-hybridized carbons (Fsp3) is 0.385. The molecule has 0 saturated heterocycles. The van der Waals surface area contributed by atoms with Crippen LogP contribution in [-0.2, 0) is 4.74 Å². The molecular formula is C13H11ClF4O2. The summed E-state index contributed by atoms with van der Waals surface area (Å²) in [5, 5.41) is 0. The van der Waals surface area contributed by atoms with Gasteiger partial charge in [0.15, 0.2) is 6.79 Å². The maximum absolute atomic E-state index is 13.5. The molecule has 1 aromatic carbocycles. The van der Waals surface area contributed by atoms with E-state index in [0.29, 0.717) is 12.3 Å². The lowest BCUT2D eigenvalue weighted by atomic mass is 10.2. The fourth-order valence-corrected chi connectivity index (χ4v) is 1.25. The van der Waals surface area contributed by atoms with Crippen molar-refractivity contribution in [2.75, 3.05) is 19.3 Å². The molecule has 20 heavy (non-hydrogen) atoms. The van der Waals surface area contributed by atoms with Gasteiger partial charge in [-0.05, 0) is 12.1 Å². The zero-order chi connectivity index (χ0) is 15.0. The second-order valence-corrected chi connectivity index (χ2v) is 3.99. The molecule has 0 aliphatic rings. The number of hydrogen-bond donors (Lipinski definition) is 0. The molecule has 1 rings (SSSR count). The van der Waals surface area contributed by atoms with Crippen molar-refractivity contribution in [1.29, 1.82) is 0 Å². The lowest BCUT2D eigenvalue weighted by Crippen LogP contribution is -2.19. The summed E-state index contributed by atoms with van der Waals surface area (Å²) >= 11 is 5.43. The number of benzene rings is 1. The van der Waals surface area contributed by atoms with Gasteiger partial charge in [-0.15, -0.1) is 11.6 Å². The van der Waals surface area contributed by atoms with E-state index >= 15 is 0 Å². The van der Waals surface area contributed by atoms with Crippen LogP contribution in [-0.4, -0.2) is 25.5 Å². The summed E-state index contributed by atoms with van der Waals surface area (Å²) in [7, 11) is 0. The molecule has 2 nitrogen and oxygen atoms in total. The van der Waals surface area contributed by atoms with E-state index in [1.54, 1.807) is 0 Å². The van der Waals surface area contributed by atoms with Crippen LogP contribution in [0.1, 0.15) is 12.0 Å². The van der Waals surface area contributed by atoms with E-state index in [1.165, 1.54) is 12.1 Å². The Morgan fingerprint density at radius 1 is 1.25 bits per heavy atom. The van der Waals surface area contributed by atoms with Crippen molar-refractivity contribution in [1.82, 2.24) is 0 Å². The number of alkyl halides is 4. The maximum atomic E-state index is 13.5. The standard InChI is InChI=1S/C13H11ClF4O2/c14-6-2-1-3-10-4-5-11(7-12(10)15)20-9-19-8-13(16,17)18/h4-5,7H,2,6,8-9H2. The Morgan fingerprint density at radius 2 is 2.00 bits per heavy atom. The van der Waals surface area contributed by atoms with Crippen molar-refractivity contribution in [3.05, 3.63) is 29.6 Å². The second-order valence-electron chi connectivity index (χ2n) is 3.61. The van der Waals surface area contributed by atoms with Gasteiger partial charge in [0, 0.05) is 18.4 Å². The molecule has 0 radical (unpaired) electrons. The fourth-order valence-electron chi connectivity index (χ4n) is 1.16. The molecule has 0 heterocycles. The van der Waals surface area contributed by atoms with Crippen molar-refractivity contribution >= 4 is 11.6 Å². The largest absolute Gasteiger partial charge is 0.467 e. The maximum Gasteiger partial charge on any atom is 0.411 e. The summed E-state index contributed by atoms with van der Waals surface area (Å²) in [4.78, 5) is 0. The van der Waals surface area contributed by atoms with Gasteiger partial charge in [-0.2, -0.15) is 13.2 Å². The SMILES string of the molecule is Fc1cc(OCOCC(F)(F)F)ccc1C#CCCCl. The molecule has 0 atom stereocenters. The third-order valence-corrected chi connectivity index (χ3v) is 2.15. The minimum atomic E-state index is -4.42. The van der Waals surface area contributed by atoms with Gasteiger partial charge >= 0.3 is 6.18 Å². The third kappa shape index (κ3) is 6.64. The zero-order valence-electron chi connectivity index (χ0n) is 10.3. The molecule has 0 spiro atoms. The van der Waals surface area contributed by atoms with Crippen LogP contribution in [0.3, 0.4) is 0 Å². The lowest BCUT2D eigenvalue weighted by Gasteiger charge is -2.09. The van der Waals surface area contributed by atoms with Crippen LogP contribution >= 0.6 is 11.6 Å². The second kappa shape index (κ2) is 7.98. The first-order chi connectivity index (χ1) is 9.42. The van der Waals surface area contributed by atoms with Crippen molar-refractivity contribution in [2.24, 2.45) is 0 Å². The van der Waals surface area contributed by atoms with Gasteiger partial charge in [-0.1, -0.05) is 11.8 Å².